The second-order valence-corrected chi connectivity index (χ2v) is 9.61. The van der Waals surface area contributed by atoms with E-state index in [4.69, 9.17) is 4.98 Å². The average molecular weight is 507 g/mol. The fourth-order valence-corrected chi connectivity index (χ4v) is 4.85. The quantitative estimate of drug-likeness (QED) is 0.226. The van der Waals surface area contributed by atoms with Crippen LogP contribution in [0.4, 0.5) is 10.1 Å². The number of nitrogens with one attached hydrogen (secondary N) is 3. The number of benzene rings is 1. The Labute approximate surface area is 216 Å². The fraction of sp³-hybridized carbons (Fsp3) is 0.179. The van der Waals surface area contributed by atoms with Gasteiger partial charge in [-0.1, -0.05) is 18.6 Å². The molecule has 0 saturated heterocycles. The van der Waals surface area contributed by atoms with E-state index in [1.807, 2.05) is 12.1 Å². The minimum absolute atomic E-state index is 0.285. The van der Waals surface area contributed by atoms with Crippen LogP contribution in [0.2, 0.25) is 0 Å². The third-order valence-corrected chi connectivity index (χ3v) is 7.17. The number of imidazole rings is 1. The Morgan fingerprint density at radius 1 is 0.947 bits per heavy atom. The van der Waals surface area contributed by atoms with Crippen LogP contribution >= 0.6 is 0 Å². The first-order chi connectivity index (χ1) is 18.6. The monoisotopic (exact) mass is 506 g/mol. The number of aromatic nitrogens is 7. The van der Waals surface area contributed by atoms with Crippen LogP contribution in [0.1, 0.15) is 19.3 Å². The highest BCUT2D eigenvalue weighted by Gasteiger charge is 2.25. The smallest absolute Gasteiger partial charge is 0.159 e. The molecule has 0 bridgehead atoms. The van der Waals surface area contributed by atoms with Crippen molar-refractivity contribution in [3.8, 4) is 33.8 Å². The molecule has 38 heavy (non-hydrogen) atoms. The molecule has 0 spiro atoms. The molecule has 1 aliphatic rings. The van der Waals surface area contributed by atoms with E-state index in [-0.39, 0.29) is 11.7 Å². The number of H-pyrrole nitrogens is 2. The molecule has 9 nitrogen and oxygen atoms in total. The van der Waals surface area contributed by atoms with E-state index in [1.165, 1.54) is 12.1 Å². The minimum atomic E-state index is -0.579. The SMILES string of the molecule is OC(Nc1cncc(-c2cnc3[nH]nc(-c4nc5c(-c6ccc(F)cc6)cncc5[nH]4)c3c2)c1)C1CCC1. The van der Waals surface area contributed by atoms with Gasteiger partial charge < -0.3 is 15.4 Å². The van der Waals surface area contributed by atoms with Crippen LogP contribution in [0.25, 0.3) is 55.8 Å². The van der Waals surface area contributed by atoms with Crippen LogP contribution in [0.3, 0.4) is 0 Å². The van der Waals surface area contributed by atoms with Gasteiger partial charge in [-0.3, -0.25) is 15.1 Å². The largest absolute Gasteiger partial charge is 0.374 e. The molecule has 1 aliphatic carbocycles. The Morgan fingerprint density at radius 2 is 1.76 bits per heavy atom. The van der Waals surface area contributed by atoms with E-state index in [1.54, 1.807) is 43.1 Å². The Bertz CT molecular complexity index is 1770. The highest BCUT2D eigenvalue weighted by Crippen LogP contribution is 2.33. The molecule has 0 amide bonds. The van der Waals surface area contributed by atoms with Crippen molar-refractivity contribution >= 4 is 27.8 Å². The van der Waals surface area contributed by atoms with E-state index in [0.29, 0.717) is 17.2 Å². The molecular formula is C28H23FN8O. The average Bonchev–Trinajstić information content (AvgIpc) is 3.52. The molecule has 5 aromatic heterocycles. The van der Waals surface area contributed by atoms with Crippen LogP contribution < -0.4 is 5.32 Å². The van der Waals surface area contributed by atoms with E-state index in [0.717, 1.165) is 63.6 Å². The molecule has 1 fully saturated rings. The van der Waals surface area contributed by atoms with E-state index < -0.39 is 6.23 Å². The lowest BCUT2D eigenvalue weighted by atomic mass is 9.84. The Hall–Kier alpha value is -4.70. The third-order valence-electron chi connectivity index (χ3n) is 7.17. The van der Waals surface area contributed by atoms with E-state index in [9.17, 15) is 9.50 Å². The number of hydrogen-bond acceptors (Lipinski definition) is 7. The predicted octanol–water partition coefficient (Wildman–Crippen LogP) is 5.29. The van der Waals surface area contributed by atoms with Gasteiger partial charge in [-0.15, -0.1) is 0 Å². The van der Waals surface area contributed by atoms with Gasteiger partial charge in [0.2, 0.25) is 0 Å². The maximum Gasteiger partial charge on any atom is 0.159 e. The molecule has 1 atom stereocenters. The van der Waals surface area contributed by atoms with Crippen molar-refractivity contribution in [1.29, 1.82) is 0 Å². The number of aliphatic hydroxyl groups is 1. The molecule has 7 rings (SSSR count). The topological polar surface area (TPSA) is 128 Å². The third kappa shape index (κ3) is 3.95. The van der Waals surface area contributed by atoms with Gasteiger partial charge >= 0.3 is 0 Å². The van der Waals surface area contributed by atoms with Crippen molar-refractivity contribution in [2.45, 2.75) is 25.5 Å². The summed E-state index contributed by atoms with van der Waals surface area (Å²) in [6.45, 7) is 0. The standard InChI is InChI=1S/C28H23FN8O/c29-19-6-4-15(5-7-19)22-13-31-14-23-24(22)35-27(34-23)25-21-9-18(11-32-26(21)37-36-25)17-8-20(12-30-10-17)33-28(38)16-2-1-3-16/h4-14,16,28,33,38H,1-3H2,(H,34,35)(H,32,36,37). The molecular weight excluding hydrogens is 483 g/mol. The molecule has 0 radical (unpaired) electrons. The van der Waals surface area contributed by atoms with E-state index in [2.05, 4.69) is 35.5 Å². The van der Waals surface area contributed by atoms with Gasteiger partial charge in [-0.25, -0.2) is 14.4 Å². The summed E-state index contributed by atoms with van der Waals surface area (Å²) < 4.78 is 13.5. The van der Waals surface area contributed by atoms with Gasteiger partial charge in [0.15, 0.2) is 11.5 Å². The zero-order chi connectivity index (χ0) is 25.6. The van der Waals surface area contributed by atoms with Crippen LogP contribution in [0, 0.1) is 11.7 Å². The number of pyridine rings is 3. The van der Waals surface area contributed by atoms with Crippen LogP contribution in [-0.2, 0) is 0 Å². The Morgan fingerprint density at radius 3 is 2.58 bits per heavy atom. The van der Waals surface area contributed by atoms with Crippen molar-refractivity contribution in [2.75, 3.05) is 5.32 Å². The Balaban J connectivity index is 1.25. The second-order valence-electron chi connectivity index (χ2n) is 9.61. The summed E-state index contributed by atoms with van der Waals surface area (Å²) in [4.78, 5) is 21.4. The first-order valence-electron chi connectivity index (χ1n) is 12.5. The molecule has 1 saturated carbocycles. The van der Waals surface area contributed by atoms with Gasteiger partial charge in [0.05, 0.1) is 34.5 Å². The molecule has 10 heteroatoms. The highest BCUT2D eigenvalue weighted by molar-refractivity contribution is 5.96. The molecule has 4 N–H and O–H groups in total. The number of hydrogen-bond donors (Lipinski definition) is 4. The lowest BCUT2D eigenvalue weighted by molar-refractivity contribution is 0.0851. The predicted molar refractivity (Wildman–Crippen MR) is 142 cm³/mol. The summed E-state index contributed by atoms with van der Waals surface area (Å²) in [5, 5.41) is 21.9. The van der Waals surface area contributed by atoms with Crippen molar-refractivity contribution in [1.82, 2.24) is 35.1 Å². The molecule has 0 aliphatic heterocycles. The number of rotatable bonds is 6. The number of anilines is 1. The lowest BCUT2D eigenvalue weighted by Gasteiger charge is -2.31. The van der Waals surface area contributed by atoms with Crippen LogP contribution in [-0.4, -0.2) is 46.5 Å². The molecule has 188 valence electrons. The fourth-order valence-electron chi connectivity index (χ4n) is 4.85. The van der Waals surface area contributed by atoms with Gasteiger partial charge in [0, 0.05) is 41.2 Å². The number of aliphatic hydroxyl groups excluding tert-OH is 1. The van der Waals surface area contributed by atoms with Gasteiger partial charge in [0.1, 0.15) is 17.7 Å². The molecule has 1 unspecified atom stereocenters. The van der Waals surface area contributed by atoms with Gasteiger partial charge in [0.25, 0.3) is 0 Å². The number of aromatic amines is 2. The summed E-state index contributed by atoms with van der Waals surface area (Å²) in [6.07, 6.45) is 11.3. The lowest BCUT2D eigenvalue weighted by Crippen LogP contribution is -2.33. The summed E-state index contributed by atoms with van der Waals surface area (Å²) >= 11 is 0. The van der Waals surface area contributed by atoms with Crippen LogP contribution in [0.15, 0.2) is 67.4 Å². The van der Waals surface area contributed by atoms with Crippen molar-refractivity contribution in [3.05, 3.63) is 73.2 Å². The molecule has 6 aromatic rings. The summed E-state index contributed by atoms with van der Waals surface area (Å²) in [5.41, 5.74) is 6.81. The van der Waals surface area contributed by atoms with Crippen molar-refractivity contribution < 1.29 is 9.50 Å². The first kappa shape index (κ1) is 22.5. The zero-order valence-corrected chi connectivity index (χ0v) is 20.2. The molecule has 5 heterocycles. The zero-order valence-electron chi connectivity index (χ0n) is 20.2. The Kier molecular flexibility index (Phi) is 5.33. The van der Waals surface area contributed by atoms with E-state index >= 15 is 0 Å². The normalized spacial score (nSPS) is 14.6. The number of halogens is 1. The minimum Gasteiger partial charge on any atom is -0.374 e. The van der Waals surface area contributed by atoms with Crippen molar-refractivity contribution in [3.63, 3.8) is 0 Å². The first-order valence-corrected chi connectivity index (χ1v) is 12.5. The summed E-state index contributed by atoms with van der Waals surface area (Å²) in [7, 11) is 0. The maximum absolute atomic E-state index is 13.5. The van der Waals surface area contributed by atoms with Gasteiger partial charge in [-0.05, 0) is 42.7 Å². The molecule has 1 aromatic carbocycles. The van der Waals surface area contributed by atoms with Crippen LogP contribution in [0.5, 0.6) is 0 Å². The highest BCUT2D eigenvalue weighted by atomic mass is 19.1. The van der Waals surface area contributed by atoms with Crippen molar-refractivity contribution in [2.24, 2.45) is 5.92 Å². The van der Waals surface area contributed by atoms with Gasteiger partial charge in [-0.2, -0.15) is 5.10 Å². The summed E-state index contributed by atoms with van der Waals surface area (Å²) in [5.74, 6) is 0.556. The second kappa shape index (κ2) is 9.00. The number of fused-ring (bicyclic) bond motifs is 2. The maximum atomic E-state index is 13.5. The number of nitrogens with zero attached hydrogens (tertiary/aromatic N) is 5. The summed E-state index contributed by atoms with van der Waals surface area (Å²) in [6, 6.07) is 10.2.